The maximum atomic E-state index is 9.24. The summed E-state index contributed by atoms with van der Waals surface area (Å²) >= 11 is -5.58. The molecule has 2 atom stereocenters. The van der Waals surface area contributed by atoms with Crippen LogP contribution >= 0.6 is 17.0 Å². The molecule has 0 aliphatic heterocycles. The topological polar surface area (TPSA) is 26.3 Å². The van der Waals surface area contributed by atoms with Gasteiger partial charge in [-0.05, 0) is 0 Å². The van der Waals surface area contributed by atoms with E-state index in [9.17, 15) is 17.0 Å². The Hall–Kier alpha value is -4.44. The molecule has 2 aliphatic carbocycles. The van der Waals surface area contributed by atoms with Crippen LogP contribution in [0.2, 0.25) is 13.1 Å². The van der Waals surface area contributed by atoms with Gasteiger partial charge in [0.05, 0.1) is 0 Å². The van der Waals surface area contributed by atoms with E-state index in [1.807, 2.05) is 12.5 Å². The summed E-state index contributed by atoms with van der Waals surface area (Å²) in [6.07, 6.45) is 12.4. The molecule has 2 aromatic heterocycles. The summed E-state index contributed by atoms with van der Waals surface area (Å²) in [7, 11) is 18.5. The van der Waals surface area contributed by atoms with Gasteiger partial charge in [-0.2, -0.15) is 0 Å². The predicted octanol–water partition coefficient (Wildman–Crippen LogP) is 16.9. The van der Waals surface area contributed by atoms with Crippen molar-refractivity contribution in [3.8, 4) is 22.3 Å². The Labute approximate surface area is 374 Å². The van der Waals surface area contributed by atoms with Crippen molar-refractivity contribution in [1.29, 1.82) is 0 Å². The predicted molar refractivity (Wildman–Crippen MR) is 264 cm³/mol. The second kappa shape index (κ2) is 16.0. The Morgan fingerprint density at radius 1 is 0.484 bits per heavy atom. The van der Waals surface area contributed by atoms with Crippen LogP contribution in [0.1, 0.15) is 91.0 Å². The Balaban J connectivity index is 1.34. The van der Waals surface area contributed by atoms with Gasteiger partial charge in [0.1, 0.15) is 0 Å². The van der Waals surface area contributed by atoms with Crippen molar-refractivity contribution in [2.45, 2.75) is 73.7 Å². The number of furan rings is 2. The van der Waals surface area contributed by atoms with Gasteiger partial charge in [0, 0.05) is 0 Å². The number of rotatable bonds is 10. The van der Waals surface area contributed by atoms with Gasteiger partial charge < -0.3 is 0 Å². The van der Waals surface area contributed by atoms with E-state index in [-0.39, 0.29) is 7.25 Å². The molecule has 0 N–H and O–H groups in total. The molecule has 0 bridgehead atoms. The zero-order chi connectivity index (χ0) is 42.9. The molecule has 6 heteroatoms. The Morgan fingerprint density at radius 2 is 0.871 bits per heavy atom. The number of aryl methyl sites for hydroxylation is 4. The Kier molecular flexibility index (Phi) is 10.7. The van der Waals surface area contributed by atoms with Crippen LogP contribution < -0.4 is 0 Å². The van der Waals surface area contributed by atoms with Crippen LogP contribution in [0, 0.1) is 0 Å². The molecule has 6 aromatic carbocycles. The fourth-order valence-electron chi connectivity index (χ4n) is 11.1. The number of hydrogen-bond donors (Lipinski definition) is 0. The average Bonchev–Trinajstić information content (AvgIpc) is 4.11. The van der Waals surface area contributed by atoms with Crippen LogP contribution in [0.25, 0.3) is 67.1 Å². The number of halogens is 2. The molecular weight excluding hydrogens is 895 g/mol. The molecule has 10 rings (SSSR count). The van der Waals surface area contributed by atoms with Crippen LogP contribution in [0.15, 0.2) is 143 Å². The number of fused-ring (bicyclic) bond motifs is 4. The van der Waals surface area contributed by atoms with Gasteiger partial charge in [0.2, 0.25) is 0 Å². The minimum absolute atomic E-state index is 0.274. The second-order valence-corrected chi connectivity index (χ2v) is 56.2. The van der Waals surface area contributed by atoms with Gasteiger partial charge in [0.15, 0.2) is 0 Å². The zero-order valence-corrected chi connectivity index (χ0v) is 41.4. The molecule has 2 unspecified atom stereocenters. The average molecular weight is 947 g/mol. The minimum atomic E-state index is -5.58. The van der Waals surface area contributed by atoms with E-state index in [0.29, 0.717) is 0 Å². The first-order valence-electron chi connectivity index (χ1n) is 22.3. The molecule has 8 aromatic rings. The van der Waals surface area contributed by atoms with Crippen molar-refractivity contribution in [2.24, 2.45) is 0 Å². The summed E-state index contributed by atoms with van der Waals surface area (Å²) < 4.78 is 13.0. The molecule has 310 valence electrons. The standard InChI is InChI=1S/2C27H23O.C2H6Si.2ClH.Zr/c2*1-3-18-9-5-7-11-23(18)26-19(4-2)13-14-20-15-22(16-25(20)26)27-24-12-8-6-10-21(24)17-28-27;1-3-2;;;/h2*5-17H,3-4H2,1-2H3;1-2H3;2*1H;/q;;;;;+2/p-2. The molecule has 2 nitrogen and oxygen atoms in total. The van der Waals surface area contributed by atoms with Gasteiger partial charge in [-0.1, -0.05) is 0 Å². The van der Waals surface area contributed by atoms with Crippen molar-refractivity contribution in [3.05, 3.63) is 190 Å². The first-order chi connectivity index (χ1) is 30.1. The van der Waals surface area contributed by atoms with E-state index < -0.39 is 20.4 Å². The van der Waals surface area contributed by atoms with Crippen LogP contribution in [0.4, 0.5) is 0 Å². The summed E-state index contributed by atoms with van der Waals surface area (Å²) in [6.45, 7) is 13.8. The number of hydrogen-bond acceptors (Lipinski definition) is 2. The second-order valence-electron chi connectivity index (χ2n) is 17.5. The molecule has 0 amide bonds. The molecule has 2 heterocycles. The van der Waals surface area contributed by atoms with Crippen LogP contribution in [-0.2, 0) is 40.7 Å². The van der Waals surface area contributed by atoms with Crippen molar-refractivity contribution in [1.82, 2.24) is 0 Å². The first-order valence-corrected chi connectivity index (χ1v) is 37.7. The van der Waals surface area contributed by atoms with Crippen molar-refractivity contribution >= 4 is 67.3 Å². The fraction of sp³-hybridized carbons (Fsp3) is 0.214. The normalized spacial score (nSPS) is 16.1. The van der Waals surface area contributed by atoms with Crippen molar-refractivity contribution < 1.29 is 23.8 Å². The van der Waals surface area contributed by atoms with Gasteiger partial charge in [-0.3, -0.25) is 0 Å². The van der Waals surface area contributed by atoms with E-state index >= 15 is 0 Å². The van der Waals surface area contributed by atoms with E-state index in [4.69, 9.17) is 8.83 Å². The summed E-state index contributed by atoms with van der Waals surface area (Å²) in [6, 6.07) is 44.3. The number of benzene rings is 6. The molecule has 62 heavy (non-hydrogen) atoms. The molecule has 0 saturated heterocycles. The summed E-state index contributed by atoms with van der Waals surface area (Å²) in [5, 5.41) is 4.31. The molecule has 0 fully saturated rings. The Morgan fingerprint density at radius 3 is 1.27 bits per heavy atom. The molecular formula is C56H52Cl2O2SiZr. The summed E-state index contributed by atoms with van der Waals surface area (Å²) in [5.41, 5.74) is 16.0. The van der Waals surface area contributed by atoms with Gasteiger partial charge in [-0.15, -0.1) is 0 Å². The quantitative estimate of drug-likeness (QED) is 0.128. The van der Waals surface area contributed by atoms with Gasteiger partial charge in [0.25, 0.3) is 0 Å². The van der Waals surface area contributed by atoms with Crippen molar-refractivity contribution in [2.75, 3.05) is 0 Å². The number of allylic oxidation sites excluding steroid dienone is 2. The van der Waals surface area contributed by atoms with Crippen LogP contribution in [0.5, 0.6) is 0 Å². The van der Waals surface area contributed by atoms with Gasteiger partial charge >= 0.3 is 377 Å². The van der Waals surface area contributed by atoms with E-state index in [1.54, 1.807) is 0 Å². The third kappa shape index (κ3) is 6.18. The maximum absolute atomic E-state index is 9.24. The fourth-order valence-corrected chi connectivity index (χ4v) is 38.7. The van der Waals surface area contributed by atoms with Crippen LogP contribution in [0.3, 0.4) is 0 Å². The molecule has 0 spiro atoms. The van der Waals surface area contributed by atoms with Crippen molar-refractivity contribution in [3.63, 3.8) is 0 Å². The van der Waals surface area contributed by atoms with E-state index in [1.165, 1.54) is 66.8 Å². The summed E-state index contributed by atoms with van der Waals surface area (Å²) in [4.78, 5) is 0. The Bertz CT molecular complexity index is 3030. The van der Waals surface area contributed by atoms with Gasteiger partial charge in [-0.25, -0.2) is 0 Å². The molecule has 0 radical (unpaired) electrons. The van der Waals surface area contributed by atoms with Crippen LogP contribution in [-0.4, -0.2) is 5.43 Å². The SMILES string of the molecule is CCc1ccccc1-c1c(CC)ccc2c1C=C(c1occ3ccccc13)[CH]2[Zr]([Cl])([Cl])([CH]1C(c2occ3ccccc23)=Cc2c1ccc(CC)c2-c1ccccc1CC)=[Si](C)C. The molecule has 2 aliphatic rings. The third-order valence-electron chi connectivity index (χ3n) is 14.2. The third-order valence-corrected chi connectivity index (χ3v) is 60.5. The molecule has 0 saturated carbocycles. The van der Waals surface area contributed by atoms with E-state index in [0.717, 1.165) is 69.9 Å². The van der Waals surface area contributed by atoms with E-state index in [2.05, 4.69) is 174 Å². The summed E-state index contributed by atoms with van der Waals surface area (Å²) in [5.74, 6) is 1.73. The zero-order valence-electron chi connectivity index (χ0n) is 36.4. The first kappa shape index (κ1) is 41.6. The monoisotopic (exact) mass is 944 g/mol.